The minimum atomic E-state index is -2.05. The van der Waals surface area contributed by atoms with Gasteiger partial charge in [-0.15, -0.1) is 0 Å². The highest BCUT2D eigenvalue weighted by Gasteiger charge is 2.79. The van der Waals surface area contributed by atoms with Gasteiger partial charge >= 0.3 is 29.8 Å². The molecule has 1 saturated heterocycles. The van der Waals surface area contributed by atoms with Crippen molar-refractivity contribution in [2.75, 3.05) is 6.61 Å². The van der Waals surface area contributed by atoms with Gasteiger partial charge in [-0.2, -0.15) is 0 Å². The Labute approximate surface area is 250 Å². The van der Waals surface area contributed by atoms with Gasteiger partial charge in [0.05, 0.1) is 12.7 Å². The Balaban J connectivity index is 2.15. The lowest BCUT2D eigenvalue weighted by atomic mass is 9.45. The Bertz CT molecular complexity index is 1250. The zero-order chi connectivity index (χ0) is 32.4. The standard InChI is InChI=1S/C30H42O13/c1-13-19(39-14(2)31)11-30(37)26(43-18(6)35)24-28(9,20(36)10-21(40-15(3)32)29(24)12-38-29)25(42-17(5)34)23(41-16(4)33)22(13)27(30,7)8/h19-21,23-26,36-37H,10-12H2,1-9H3/t19-,20+,21-,23+,24-,25-,26-,28+,29-,30+/m0/s1. The van der Waals surface area contributed by atoms with E-state index in [0.717, 1.165) is 13.8 Å². The van der Waals surface area contributed by atoms with Crippen molar-refractivity contribution in [3.05, 3.63) is 11.1 Å². The first kappa shape index (κ1) is 32.9. The smallest absolute Gasteiger partial charge is 0.303 e. The normalized spacial score (nSPS) is 41.1. The molecule has 4 rings (SSSR count). The third-order valence-electron chi connectivity index (χ3n) is 9.98. The molecule has 0 aromatic carbocycles. The minimum absolute atomic E-state index is 0.00762. The van der Waals surface area contributed by atoms with Gasteiger partial charge in [0.2, 0.25) is 0 Å². The number of epoxide rings is 1. The summed E-state index contributed by atoms with van der Waals surface area (Å²) in [4.78, 5) is 62.6. The molecule has 4 aliphatic rings. The molecule has 1 aliphatic heterocycles. The van der Waals surface area contributed by atoms with E-state index in [1.54, 1.807) is 27.7 Å². The molecule has 43 heavy (non-hydrogen) atoms. The Hall–Kier alpha value is -3.03. The molecule has 3 fully saturated rings. The van der Waals surface area contributed by atoms with Crippen LogP contribution in [-0.2, 0) is 52.4 Å². The second kappa shape index (κ2) is 10.8. The number of aliphatic hydroxyl groups is 2. The highest BCUT2D eigenvalue weighted by molar-refractivity contribution is 5.70. The first-order valence-electron chi connectivity index (χ1n) is 14.4. The molecule has 3 aliphatic carbocycles. The van der Waals surface area contributed by atoms with Crippen LogP contribution < -0.4 is 0 Å². The van der Waals surface area contributed by atoms with Crippen molar-refractivity contribution in [2.24, 2.45) is 16.7 Å². The summed E-state index contributed by atoms with van der Waals surface area (Å²) in [7, 11) is 0. The second-order valence-electron chi connectivity index (χ2n) is 13.0. The minimum Gasteiger partial charge on any atom is -0.459 e. The molecule has 0 aromatic rings. The summed E-state index contributed by atoms with van der Waals surface area (Å²) in [6.45, 7) is 12.5. The van der Waals surface area contributed by atoms with Crippen LogP contribution in [0.5, 0.6) is 0 Å². The molecule has 0 aromatic heterocycles. The lowest BCUT2D eigenvalue weighted by molar-refractivity contribution is -0.283. The number of hydrogen-bond donors (Lipinski definition) is 2. The van der Waals surface area contributed by atoms with Gasteiger partial charge in [0.15, 0.2) is 12.2 Å². The van der Waals surface area contributed by atoms with Gasteiger partial charge in [-0.25, -0.2) is 0 Å². The van der Waals surface area contributed by atoms with Crippen LogP contribution in [0.4, 0.5) is 0 Å². The van der Waals surface area contributed by atoms with Crippen molar-refractivity contribution in [1.29, 1.82) is 0 Å². The quantitative estimate of drug-likeness (QED) is 0.197. The molecule has 13 heteroatoms. The highest BCUT2D eigenvalue weighted by Crippen LogP contribution is 2.66. The van der Waals surface area contributed by atoms with Crippen LogP contribution in [0.25, 0.3) is 0 Å². The second-order valence-corrected chi connectivity index (χ2v) is 13.0. The van der Waals surface area contributed by atoms with Gasteiger partial charge in [0, 0.05) is 64.2 Å². The molecular weight excluding hydrogens is 568 g/mol. The van der Waals surface area contributed by atoms with Crippen molar-refractivity contribution in [3.63, 3.8) is 0 Å². The van der Waals surface area contributed by atoms with Gasteiger partial charge in [0.1, 0.15) is 29.5 Å². The average molecular weight is 611 g/mol. The first-order chi connectivity index (χ1) is 19.7. The fourth-order valence-electron chi connectivity index (χ4n) is 8.07. The Kier molecular flexibility index (Phi) is 8.29. The van der Waals surface area contributed by atoms with E-state index in [1.807, 2.05) is 0 Å². The molecule has 10 atom stereocenters. The van der Waals surface area contributed by atoms with Gasteiger partial charge in [-0.1, -0.05) is 20.8 Å². The van der Waals surface area contributed by atoms with E-state index >= 15 is 0 Å². The molecule has 1 heterocycles. The Morgan fingerprint density at radius 1 is 0.791 bits per heavy atom. The molecule has 2 saturated carbocycles. The van der Waals surface area contributed by atoms with Gasteiger partial charge in [-0.05, 0) is 18.1 Å². The molecule has 13 nitrogen and oxygen atoms in total. The van der Waals surface area contributed by atoms with Crippen LogP contribution in [0.2, 0.25) is 0 Å². The number of aliphatic hydroxyl groups excluding tert-OH is 1. The summed E-state index contributed by atoms with van der Waals surface area (Å²) in [5, 5.41) is 24.9. The number of ether oxygens (including phenoxy) is 6. The molecule has 0 unspecified atom stereocenters. The van der Waals surface area contributed by atoms with Crippen molar-refractivity contribution in [1.82, 2.24) is 0 Å². The summed E-state index contributed by atoms with van der Waals surface area (Å²) >= 11 is 0. The maximum Gasteiger partial charge on any atom is 0.303 e. The third kappa shape index (κ3) is 5.12. The number of carbonyl (C=O) groups is 5. The zero-order valence-corrected chi connectivity index (χ0v) is 26.0. The molecular formula is C30H42O13. The molecule has 2 N–H and O–H groups in total. The van der Waals surface area contributed by atoms with Crippen LogP contribution in [0.1, 0.15) is 75.2 Å². The number of carbonyl (C=O) groups excluding carboxylic acids is 5. The van der Waals surface area contributed by atoms with Crippen molar-refractivity contribution in [3.8, 4) is 0 Å². The number of esters is 5. The van der Waals surface area contributed by atoms with Crippen LogP contribution >= 0.6 is 0 Å². The SMILES string of the molecule is CC(=O)O[C@H]1C[C@@]2(O)[C@@H](OC(C)=O)[C@@H]3[C@]4(CO4)[C@@H](OC(C)=O)C[C@@H](O)[C@@]3(C)[C@@H](OC(C)=O)[C@H](OC(C)=O)C(=C1C)C2(C)C. The number of hydrogen-bond acceptors (Lipinski definition) is 13. The summed E-state index contributed by atoms with van der Waals surface area (Å²) in [6.07, 6.45) is -8.19. The molecule has 240 valence electrons. The largest absolute Gasteiger partial charge is 0.459 e. The monoisotopic (exact) mass is 610 g/mol. The van der Waals surface area contributed by atoms with Crippen molar-refractivity contribution >= 4 is 29.8 Å². The fourth-order valence-corrected chi connectivity index (χ4v) is 8.07. The van der Waals surface area contributed by atoms with E-state index < -0.39 is 94.4 Å². The highest BCUT2D eigenvalue weighted by atomic mass is 16.6. The summed E-state index contributed by atoms with van der Waals surface area (Å²) in [6, 6.07) is 0. The third-order valence-corrected chi connectivity index (χ3v) is 9.98. The lowest BCUT2D eigenvalue weighted by Gasteiger charge is -2.64. The number of fused-ring (bicyclic) bond motifs is 4. The van der Waals surface area contributed by atoms with Gasteiger partial charge in [-0.3, -0.25) is 24.0 Å². The zero-order valence-electron chi connectivity index (χ0n) is 26.0. The molecule has 0 amide bonds. The topological polar surface area (TPSA) is 184 Å². The van der Waals surface area contributed by atoms with E-state index in [9.17, 15) is 34.2 Å². The van der Waals surface area contributed by atoms with E-state index in [2.05, 4.69) is 0 Å². The van der Waals surface area contributed by atoms with Crippen LogP contribution in [0, 0.1) is 16.7 Å². The molecule has 2 bridgehead atoms. The van der Waals surface area contributed by atoms with Gasteiger partial charge < -0.3 is 38.6 Å². The van der Waals surface area contributed by atoms with Crippen LogP contribution in [0.3, 0.4) is 0 Å². The first-order valence-corrected chi connectivity index (χ1v) is 14.4. The van der Waals surface area contributed by atoms with E-state index in [-0.39, 0.29) is 25.0 Å². The maximum absolute atomic E-state index is 12.9. The van der Waals surface area contributed by atoms with Crippen molar-refractivity contribution < 1.29 is 62.6 Å². The maximum atomic E-state index is 12.9. The van der Waals surface area contributed by atoms with E-state index in [1.165, 1.54) is 20.8 Å². The lowest BCUT2D eigenvalue weighted by Crippen LogP contribution is -2.76. The van der Waals surface area contributed by atoms with Crippen LogP contribution in [0.15, 0.2) is 11.1 Å². The van der Waals surface area contributed by atoms with Crippen LogP contribution in [-0.4, -0.2) is 94.5 Å². The predicted molar refractivity (Wildman–Crippen MR) is 145 cm³/mol. The fraction of sp³-hybridized carbons (Fsp3) is 0.767. The van der Waals surface area contributed by atoms with E-state index in [4.69, 9.17) is 28.4 Å². The average Bonchev–Trinajstić information content (AvgIpc) is 3.63. The molecule has 0 radical (unpaired) electrons. The number of rotatable bonds is 5. The summed E-state index contributed by atoms with van der Waals surface area (Å²) < 4.78 is 35.2. The van der Waals surface area contributed by atoms with Crippen molar-refractivity contribution in [2.45, 2.75) is 123 Å². The summed E-state index contributed by atoms with van der Waals surface area (Å²) in [5.74, 6) is -4.76. The molecule has 1 spiro atoms. The van der Waals surface area contributed by atoms with Gasteiger partial charge in [0.25, 0.3) is 0 Å². The predicted octanol–water partition coefficient (Wildman–Crippen LogP) is 1.29. The Morgan fingerprint density at radius 2 is 1.28 bits per heavy atom. The summed E-state index contributed by atoms with van der Waals surface area (Å²) in [5.41, 5.74) is -5.72. The Morgan fingerprint density at radius 3 is 1.74 bits per heavy atom. The van der Waals surface area contributed by atoms with E-state index in [0.29, 0.717) is 5.57 Å².